The van der Waals surface area contributed by atoms with Crippen molar-refractivity contribution in [3.8, 4) is 5.75 Å². The number of sulfone groups is 1. The van der Waals surface area contributed by atoms with Crippen molar-refractivity contribution in [2.45, 2.75) is 17.4 Å². The number of methoxy groups -OCH3 is 1. The lowest BCUT2D eigenvalue weighted by molar-refractivity contribution is 0.398. The van der Waals surface area contributed by atoms with Crippen LogP contribution in [0.4, 0.5) is 0 Å². The van der Waals surface area contributed by atoms with Gasteiger partial charge in [0, 0.05) is 6.04 Å². The fourth-order valence-electron chi connectivity index (χ4n) is 1.65. The molecular weight excluding hydrogens is 226 g/mol. The molecule has 0 radical (unpaired) electrons. The molecular formula is C11H15NO3S. The Bertz CT molecular complexity index is 466. The summed E-state index contributed by atoms with van der Waals surface area (Å²) in [5.74, 6) is 0.739. The third kappa shape index (κ3) is 2.36. The minimum Gasteiger partial charge on any atom is -0.497 e. The molecule has 0 spiro atoms. The van der Waals surface area contributed by atoms with Gasteiger partial charge in [0.1, 0.15) is 5.75 Å². The van der Waals surface area contributed by atoms with Gasteiger partial charge in [-0.2, -0.15) is 0 Å². The first-order valence-electron chi connectivity index (χ1n) is 5.22. The molecule has 1 fully saturated rings. The van der Waals surface area contributed by atoms with Crippen LogP contribution in [0.25, 0.3) is 0 Å². The zero-order chi connectivity index (χ0) is 11.6. The molecule has 1 saturated heterocycles. The Labute approximate surface area is 95.5 Å². The average molecular weight is 241 g/mol. The van der Waals surface area contributed by atoms with Crippen LogP contribution in [0.2, 0.25) is 0 Å². The van der Waals surface area contributed by atoms with Crippen molar-refractivity contribution in [2.24, 2.45) is 0 Å². The van der Waals surface area contributed by atoms with E-state index in [-0.39, 0.29) is 11.8 Å². The van der Waals surface area contributed by atoms with Crippen LogP contribution in [0.3, 0.4) is 0 Å². The zero-order valence-corrected chi connectivity index (χ0v) is 9.96. The summed E-state index contributed by atoms with van der Waals surface area (Å²) in [4.78, 5) is 0.334. The Hall–Kier alpha value is -1.07. The highest BCUT2D eigenvalue weighted by Gasteiger charge is 2.25. The van der Waals surface area contributed by atoms with E-state index in [1.807, 2.05) is 0 Å². The topological polar surface area (TPSA) is 55.4 Å². The summed E-state index contributed by atoms with van der Waals surface area (Å²) < 4.78 is 29.0. The molecule has 1 N–H and O–H groups in total. The molecule has 5 heteroatoms. The molecule has 0 saturated carbocycles. The Balaban J connectivity index is 2.20. The summed E-state index contributed by atoms with van der Waals surface area (Å²) in [6.07, 6.45) is 0.934. The van der Waals surface area contributed by atoms with Crippen LogP contribution in [0.1, 0.15) is 6.42 Å². The minimum atomic E-state index is -3.20. The van der Waals surface area contributed by atoms with E-state index in [1.165, 1.54) is 7.11 Å². The maximum Gasteiger partial charge on any atom is 0.180 e. The van der Waals surface area contributed by atoms with Gasteiger partial charge < -0.3 is 10.1 Å². The highest BCUT2D eigenvalue weighted by Crippen LogP contribution is 2.20. The van der Waals surface area contributed by atoms with Crippen molar-refractivity contribution >= 4 is 9.84 Å². The number of nitrogens with one attached hydrogen (secondary N) is 1. The van der Waals surface area contributed by atoms with Crippen LogP contribution in [0.5, 0.6) is 5.75 Å². The molecule has 1 unspecified atom stereocenters. The molecule has 1 aromatic carbocycles. The van der Waals surface area contributed by atoms with E-state index in [1.54, 1.807) is 24.3 Å². The second-order valence-electron chi connectivity index (χ2n) is 3.90. The Morgan fingerprint density at radius 1 is 1.50 bits per heavy atom. The summed E-state index contributed by atoms with van der Waals surface area (Å²) in [5, 5.41) is 3.09. The summed E-state index contributed by atoms with van der Waals surface area (Å²) >= 11 is 0. The van der Waals surface area contributed by atoms with Crippen LogP contribution in [0.15, 0.2) is 29.2 Å². The molecule has 1 aliphatic rings. The fraction of sp³-hybridized carbons (Fsp3) is 0.455. The van der Waals surface area contributed by atoms with Crippen molar-refractivity contribution < 1.29 is 13.2 Å². The number of hydrogen-bond donors (Lipinski definition) is 1. The first-order chi connectivity index (χ1) is 7.62. The maximum absolute atomic E-state index is 12.0. The van der Waals surface area contributed by atoms with Crippen LogP contribution in [0, 0.1) is 0 Å². The van der Waals surface area contributed by atoms with Gasteiger partial charge in [0.25, 0.3) is 0 Å². The molecule has 1 aromatic rings. The molecule has 4 nitrogen and oxygen atoms in total. The van der Waals surface area contributed by atoms with Gasteiger partial charge >= 0.3 is 0 Å². The molecule has 1 aliphatic heterocycles. The van der Waals surface area contributed by atoms with E-state index in [4.69, 9.17) is 4.74 Å². The van der Waals surface area contributed by atoms with Gasteiger partial charge in [-0.05, 0) is 31.2 Å². The predicted molar refractivity (Wildman–Crippen MR) is 61.5 cm³/mol. The van der Waals surface area contributed by atoms with Crippen molar-refractivity contribution in [3.05, 3.63) is 24.3 Å². The van der Waals surface area contributed by atoms with E-state index in [0.29, 0.717) is 10.6 Å². The monoisotopic (exact) mass is 241 g/mol. The van der Waals surface area contributed by atoms with Gasteiger partial charge in [-0.1, -0.05) is 6.07 Å². The number of rotatable bonds is 4. The van der Waals surface area contributed by atoms with E-state index in [9.17, 15) is 8.42 Å². The lowest BCUT2D eigenvalue weighted by Crippen LogP contribution is -2.47. The van der Waals surface area contributed by atoms with E-state index >= 15 is 0 Å². The molecule has 1 atom stereocenters. The maximum atomic E-state index is 12.0. The van der Waals surface area contributed by atoms with Gasteiger partial charge in [-0.3, -0.25) is 0 Å². The van der Waals surface area contributed by atoms with Gasteiger partial charge in [0.05, 0.1) is 17.8 Å². The third-order valence-corrected chi connectivity index (χ3v) is 4.56. The summed E-state index contributed by atoms with van der Waals surface area (Å²) in [5.41, 5.74) is 0. The Morgan fingerprint density at radius 2 is 2.25 bits per heavy atom. The highest BCUT2D eigenvalue weighted by molar-refractivity contribution is 7.91. The molecule has 0 bridgehead atoms. The molecule has 88 valence electrons. The molecule has 16 heavy (non-hydrogen) atoms. The first-order valence-corrected chi connectivity index (χ1v) is 6.87. The SMILES string of the molecule is COc1cccc(S(=O)(=O)CC2CCN2)c1. The van der Waals surface area contributed by atoms with Crippen molar-refractivity contribution in [3.63, 3.8) is 0 Å². The lowest BCUT2D eigenvalue weighted by atomic mass is 10.1. The molecule has 1 heterocycles. The van der Waals surface area contributed by atoms with Crippen molar-refractivity contribution in [1.82, 2.24) is 5.32 Å². The fourth-order valence-corrected chi connectivity index (χ4v) is 3.23. The van der Waals surface area contributed by atoms with Crippen LogP contribution < -0.4 is 10.1 Å². The van der Waals surface area contributed by atoms with Gasteiger partial charge in [0.2, 0.25) is 0 Å². The molecule has 0 aliphatic carbocycles. The Morgan fingerprint density at radius 3 is 2.81 bits per heavy atom. The van der Waals surface area contributed by atoms with Crippen molar-refractivity contribution in [2.75, 3.05) is 19.4 Å². The summed E-state index contributed by atoms with van der Waals surface area (Å²) in [7, 11) is -1.67. The van der Waals surface area contributed by atoms with E-state index in [0.717, 1.165) is 13.0 Å². The normalized spacial score (nSPS) is 20.2. The van der Waals surface area contributed by atoms with Crippen LogP contribution in [-0.2, 0) is 9.84 Å². The van der Waals surface area contributed by atoms with Gasteiger partial charge in [-0.25, -0.2) is 8.42 Å². The largest absolute Gasteiger partial charge is 0.497 e. The molecule has 0 amide bonds. The number of benzene rings is 1. The summed E-state index contributed by atoms with van der Waals surface area (Å²) in [6.45, 7) is 0.915. The van der Waals surface area contributed by atoms with E-state index < -0.39 is 9.84 Å². The highest BCUT2D eigenvalue weighted by atomic mass is 32.2. The average Bonchev–Trinajstić information content (AvgIpc) is 2.24. The predicted octanol–water partition coefficient (Wildman–Crippen LogP) is 0.831. The van der Waals surface area contributed by atoms with Crippen molar-refractivity contribution in [1.29, 1.82) is 0 Å². The van der Waals surface area contributed by atoms with Gasteiger partial charge in [-0.15, -0.1) is 0 Å². The lowest BCUT2D eigenvalue weighted by Gasteiger charge is -2.27. The minimum absolute atomic E-state index is 0.108. The van der Waals surface area contributed by atoms with Gasteiger partial charge in [0.15, 0.2) is 9.84 Å². The first kappa shape index (κ1) is 11.4. The quantitative estimate of drug-likeness (QED) is 0.848. The number of hydrogen-bond acceptors (Lipinski definition) is 4. The zero-order valence-electron chi connectivity index (χ0n) is 9.14. The second-order valence-corrected chi connectivity index (χ2v) is 5.93. The summed E-state index contributed by atoms with van der Waals surface area (Å²) in [6, 6.07) is 6.71. The van der Waals surface area contributed by atoms with E-state index in [2.05, 4.69) is 5.32 Å². The molecule has 0 aromatic heterocycles. The smallest absolute Gasteiger partial charge is 0.180 e. The standard InChI is InChI=1S/C11H15NO3S/c1-15-10-3-2-4-11(7-10)16(13,14)8-9-5-6-12-9/h2-4,7,9,12H,5-6,8H2,1H3. The Kier molecular flexibility index (Phi) is 3.16. The van der Waals surface area contributed by atoms with Crippen LogP contribution in [-0.4, -0.2) is 33.9 Å². The second kappa shape index (κ2) is 4.43. The third-order valence-electron chi connectivity index (χ3n) is 2.75. The molecule has 2 rings (SSSR count). The van der Waals surface area contributed by atoms with Crippen LogP contribution >= 0.6 is 0 Å². The number of ether oxygens (including phenoxy) is 1.